The summed E-state index contributed by atoms with van der Waals surface area (Å²) in [5.74, 6) is 1.09. The summed E-state index contributed by atoms with van der Waals surface area (Å²) < 4.78 is 79.5. The van der Waals surface area contributed by atoms with Crippen molar-refractivity contribution in [1.82, 2.24) is 0 Å². The Kier molecular flexibility index (Phi) is 5.95. The quantitative estimate of drug-likeness (QED) is 0.548. The van der Waals surface area contributed by atoms with Gasteiger partial charge in [0, 0.05) is 22.8 Å². The summed E-state index contributed by atoms with van der Waals surface area (Å²) in [6, 6.07) is 10.6. The van der Waals surface area contributed by atoms with Gasteiger partial charge in [-0.05, 0) is 54.7 Å². The maximum Gasteiger partial charge on any atom is 0.523 e. The number of benzene rings is 2. The van der Waals surface area contributed by atoms with Crippen LogP contribution in [-0.4, -0.2) is 38.3 Å². The van der Waals surface area contributed by atoms with Crippen LogP contribution in [0.3, 0.4) is 0 Å². The largest absolute Gasteiger partial charge is 0.523 e. The van der Waals surface area contributed by atoms with Gasteiger partial charge in [0.15, 0.2) is 6.29 Å². The van der Waals surface area contributed by atoms with Crippen molar-refractivity contribution in [2.75, 3.05) is 18.1 Å². The molecule has 5 nitrogen and oxygen atoms in total. The van der Waals surface area contributed by atoms with Crippen LogP contribution in [0.4, 0.5) is 13.2 Å². The van der Waals surface area contributed by atoms with Gasteiger partial charge in [-0.1, -0.05) is 28.5 Å². The number of fused-ring (bicyclic) bond motifs is 1. The zero-order chi connectivity index (χ0) is 21.4. The van der Waals surface area contributed by atoms with E-state index in [1.54, 1.807) is 24.3 Å². The Hall–Kier alpha value is -1.49. The van der Waals surface area contributed by atoms with E-state index in [2.05, 4.69) is 0 Å². The second-order valence-corrected chi connectivity index (χ2v) is 12.2. The molecule has 1 atom stereocenters. The summed E-state index contributed by atoms with van der Waals surface area (Å²) >= 11 is 0. The van der Waals surface area contributed by atoms with Crippen LogP contribution in [0.1, 0.15) is 32.1 Å². The monoisotopic (exact) mass is 464 g/mol. The third-order valence-corrected chi connectivity index (χ3v) is 10.7. The number of rotatable bonds is 5. The zero-order valence-corrected chi connectivity index (χ0v) is 17.8. The fourth-order valence-corrected chi connectivity index (χ4v) is 9.29. The molecule has 0 saturated carbocycles. The fourth-order valence-electron chi connectivity index (χ4n) is 3.88. The van der Waals surface area contributed by atoms with E-state index in [0.717, 1.165) is 24.6 Å². The van der Waals surface area contributed by atoms with Crippen molar-refractivity contribution in [3.8, 4) is 5.75 Å². The molecule has 2 aromatic carbocycles. The molecule has 0 amide bonds. The van der Waals surface area contributed by atoms with E-state index in [9.17, 15) is 21.6 Å². The average molecular weight is 465 g/mol. The molecule has 0 radical (unpaired) electrons. The molecule has 0 aromatic heterocycles. The molecule has 0 aliphatic carbocycles. The number of alkyl halides is 3. The molecule has 2 fully saturated rings. The molecule has 2 aliphatic heterocycles. The van der Waals surface area contributed by atoms with E-state index in [0.29, 0.717) is 35.5 Å². The first-order chi connectivity index (χ1) is 14.2. The van der Waals surface area contributed by atoms with E-state index >= 15 is 0 Å². The van der Waals surface area contributed by atoms with Crippen LogP contribution in [-0.2, 0) is 18.5 Å². The Bertz CT molecular complexity index is 1010. The predicted octanol–water partition coefficient (Wildman–Crippen LogP) is 5.48. The molecule has 0 N–H and O–H groups in total. The van der Waals surface area contributed by atoms with Crippen molar-refractivity contribution in [3.05, 3.63) is 36.4 Å². The van der Waals surface area contributed by atoms with Crippen LogP contribution in [0.15, 0.2) is 41.3 Å². The Morgan fingerprint density at radius 3 is 2.47 bits per heavy atom. The number of hydrogen-bond donors (Lipinski definition) is 0. The van der Waals surface area contributed by atoms with Crippen molar-refractivity contribution >= 4 is 31.2 Å². The lowest BCUT2D eigenvalue weighted by Crippen LogP contribution is -2.27. The van der Waals surface area contributed by atoms with Crippen LogP contribution in [0.2, 0.25) is 0 Å². The highest BCUT2D eigenvalue weighted by atomic mass is 32.3. The van der Waals surface area contributed by atoms with E-state index < -0.39 is 25.9 Å². The fraction of sp³-hybridized carbons (Fsp3) is 0.500. The van der Waals surface area contributed by atoms with Crippen molar-refractivity contribution in [2.24, 2.45) is 0 Å². The van der Waals surface area contributed by atoms with E-state index in [-0.39, 0.29) is 17.8 Å². The van der Waals surface area contributed by atoms with Crippen molar-refractivity contribution in [3.63, 3.8) is 0 Å². The number of hydrogen-bond acceptors (Lipinski definition) is 5. The zero-order valence-electron chi connectivity index (χ0n) is 16.2. The molecule has 2 heterocycles. The lowest BCUT2D eigenvalue weighted by Gasteiger charge is -2.35. The van der Waals surface area contributed by atoms with E-state index in [4.69, 9.17) is 13.1 Å². The van der Waals surface area contributed by atoms with Crippen LogP contribution in [0.25, 0.3) is 10.8 Å². The molecule has 166 valence electrons. The van der Waals surface area contributed by atoms with Crippen LogP contribution >= 0.6 is 10.3 Å². The lowest BCUT2D eigenvalue weighted by molar-refractivity contribution is -0.105. The second kappa shape index (κ2) is 8.22. The molecule has 2 aromatic rings. The predicted molar refractivity (Wildman–Crippen MR) is 109 cm³/mol. The topological polar surface area (TPSA) is 61.8 Å². The average Bonchev–Trinajstić information content (AvgIpc) is 3.16. The summed E-state index contributed by atoms with van der Waals surface area (Å²) in [5, 5.41) is 1.44. The molecule has 4 rings (SSSR count). The Morgan fingerprint density at radius 2 is 1.80 bits per heavy atom. The van der Waals surface area contributed by atoms with Gasteiger partial charge in [0.05, 0.1) is 6.61 Å². The van der Waals surface area contributed by atoms with Gasteiger partial charge in [0.1, 0.15) is 5.75 Å². The molecule has 0 spiro atoms. The van der Waals surface area contributed by atoms with Gasteiger partial charge in [-0.15, -0.1) is 0 Å². The summed E-state index contributed by atoms with van der Waals surface area (Å²) in [6.45, 7) is 0.625. The van der Waals surface area contributed by atoms with Crippen LogP contribution in [0, 0.1) is 0 Å². The Labute approximate surface area is 175 Å². The summed E-state index contributed by atoms with van der Waals surface area (Å²) in [5.41, 5.74) is -5.45. The van der Waals surface area contributed by atoms with Crippen LogP contribution in [0.5, 0.6) is 5.75 Å². The van der Waals surface area contributed by atoms with Gasteiger partial charge in [-0.2, -0.15) is 21.6 Å². The van der Waals surface area contributed by atoms with Gasteiger partial charge in [-0.25, -0.2) is 3.63 Å². The van der Waals surface area contributed by atoms with E-state index in [1.165, 1.54) is 0 Å². The number of ether oxygens (including phenoxy) is 2. The molecule has 0 bridgehead atoms. The van der Waals surface area contributed by atoms with Gasteiger partial charge in [-0.3, -0.25) is 0 Å². The molecule has 2 aliphatic rings. The minimum Gasteiger partial charge on any atom is -0.465 e. The molecular formula is C20H23F3O5S2. The summed E-state index contributed by atoms with van der Waals surface area (Å²) in [4.78, 5) is 0.514. The Balaban J connectivity index is 1.74. The first-order valence-corrected chi connectivity index (χ1v) is 13.1. The van der Waals surface area contributed by atoms with Crippen molar-refractivity contribution in [2.45, 2.75) is 48.8 Å². The minimum atomic E-state index is -5.70. The maximum atomic E-state index is 13.1. The highest BCUT2D eigenvalue weighted by molar-refractivity contribution is 8.33. The Morgan fingerprint density at radius 1 is 1.03 bits per heavy atom. The van der Waals surface area contributed by atoms with Crippen LogP contribution < -0.4 is 4.74 Å². The summed E-state index contributed by atoms with van der Waals surface area (Å²) in [7, 11) is -8.36. The highest BCUT2D eigenvalue weighted by Gasteiger charge is 2.52. The lowest BCUT2D eigenvalue weighted by atomic mass is 10.1. The first kappa shape index (κ1) is 21.7. The SMILES string of the molecule is O=S(=O)(OS1(c2cccc3ccc(OC4CCCCO4)cc23)CCCC1)C(F)(F)F. The van der Waals surface area contributed by atoms with E-state index in [1.807, 2.05) is 12.1 Å². The maximum absolute atomic E-state index is 13.1. The van der Waals surface area contributed by atoms with Crippen molar-refractivity contribution in [1.29, 1.82) is 0 Å². The molecule has 30 heavy (non-hydrogen) atoms. The molecule has 2 saturated heterocycles. The normalized spacial score (nSPS) is 23.4. The third kappa shape index (κ3) is 4.28. The third-order valence-electron chi connectivity index (χ3n) is 5.32. The standard InChI is InChI=1S/C20H23F3O5S2/c21-20(22,23)30(24,25)28-29(12-3-4-13-29)18-7-5-6-15-9-10-16(14-17(15)18)27-19-8-1-2-11-26-19/h5-7,9-10,14,19H,1-4,8,11-13H2. The molecule has 10 heteroatoms. The van der Waals surface area contributed by atoms with Gasteiger partial charge < -0.3 is 9.47 Å². The first-order valence-electron chi connectivity index (χ1n) is 9.82. The highest BCUT2D eigenvalue weighted by Crippen LogP contribution is 2.65. The smallest absolute Gasteiger partial charge is 0.465 e. The number of halogens is 3. The van der Waals surface area contributed by atoms with Gasteiger partial charge >= 0.3 is 15.6 Å². The second-order valence-electron chi connectivity index (χ2n) is 7.45. The molecule has 1 unspecified atom stereocenters. The van der Waals surface area contributed by atoms with Gasteiger partial charge in [0.2, 0.25) is 0 Å². The summed E-state index contributed by atoms with van der Waals surface area (Å²) in [6.07, 6.45) is 3.62. The van der Waals surface area contributed by atoms with Crippen molar-refractivity contribution < 1.29 is 34.7 Å². The molecular weight excluding hydrogens is 441 g/mol. The minimum absolute atomic E-state index is 0.276. The van der Waals surface area contributed by atoms with Gasteiger partial charge in [0.25, 0.3) is 0 Å².